The van der Waals surface area contributed by atoms with Crippen LogP contribution in [0.2, 0.25) is 0 Å². The highest BCUT2D eigenvalue weighted by molar-refractivity contribution is 5.71. The molecule has 0 N–H and O–H groups in total. The van der Waals surface area contributed by atoms with Crippen LogP contribution in [-0.2, 0) is 28.6 Å². The van der Waals surface area contributed by atoms with Crippen LogP contribution in [0.4, 0.5) is 0 Å². The predicted octanol–water partition coefficient (Wildman–Crippen LogP) is 15.9. The van der Waals surface area contributed by atoms with E-state index in [1.54, 1.807) is 0 Å². The summed E-state index contributed by atoms with van der Waals surface area (Å²) < 4.78 is 16.8. The second kappa shape index (κ2) is 44.5. The summed E-state index contributed by atoms with van der Waals surface area (Å²) in [7, 11) is 0. The van der Waals surface area contributed by atoms with Crippen molar-refractivity contribution in [3.63, 3.8) is 0 Å². The van der Waals surface area contributed by atoms with E-state index >= 15 is 0 Å². The number of hydrogen-bond donors (Lipinski definition) is 0. The molecule has 0 fully saturated rings. The van der Waals surface area contributed by atoms with Crippen molar-refractivity contribution >= 4 is 17.9 Å². The van der Waals surface area contributed by atoms with Gasteiger partial charge in [-0.2, -0.15) is 0 Å². The zero-order chi connectivity index (χ0) is 41.0. The number of rotatable bonds is 45. The summed E-state index contributed by atoms with van der Waals surface area (Å²) in [6.45, 7) is 8.98. The molecular formula is C50H96O6. The first kappa shape index (κ1) is 54.4. The molecular weight excluding hydrogens is 697 g/mol. The molecule has 56 heavy (non-hydrogen) atoms. The largest absolute Gasteiger partial charge is 0.462 e. The Labute approximate surface area is 348 Å². The Morgan fingerprint density at radius 3 is 0.875 bits per heavy atom. The lowest BCUT2D eigenvalue weighted by Crippen LogP contribution is -2.30. The lowest BCUT2D eigenvalue weighted by atomic mass is 10.0. The maximum atomic E-state index is 12.7. The second-order valence-electron chi connectivity index (χ2n) is 17.6. The number of hydrogen-bond acceptors (Lipinski definition) is 6. The van der Waals surface area contributed by atoms with Crippen LogP contribution in [0.25, 0.3) is 0 Å². The van der Waals surface area contributed by atoms with Crippen molar-refractivity contribution in [2.75, 3.05) is 13.2 Å². The van der Waals surface area contributed by atoms with Crippen LogP contribution in [0.5, 0.6) is 0 Å². The van der Waals surface area contributed by atoms with E-state index < -0.39 is 6.10 Å². The first-order valence-corrected chi connectivity index (χ1v) is 24.9. The summed E-state index contributed by atoms with van der Waals surface area (Å²) >= 11 is 0. The van der Waals surface area contributed by atoms with Gasteiger partial charge < -0.3 is 14.2 Å². The van der Waals surface area contributed by atoms with Crippen LogP contribution >= 0.6 is 0 Å². The third kappa shape index (κ3) is 43.5. The number of carbonyl (C=O) groups is 3. The summed E-state index contributed by atoms with van der Waals surface area (Å²) in [4.78, 5) is 37.8. The minimum Gasteiger partial charge on any atom is -0.462 e. The molecule has 0 radical (unpaired) electrons. The zero-order valence-corrected chi connectivity index (χ0v) is 38.1. The van der Waals surface area contributed by atoms with Crippen molar-refractivity contribution in [3.05, 3.63) is 0 Å². The third-order valence-electron chi connectivity index (χ3n) is 11.3. The standard InChI is InChI=1S/C50H96O6/c1-5-7-9-11-13-15-17-18-19-20-21-23-25-30-34-38-42-49(52)55-45-47(56-50(53)43-39-35-31-27-26-28-32-36-40-46(3)4)44-54-48(51)41-37-33-29-24-22-16-14-12-10-8-6-2/h46-47H,5-45H2,1-4H3/t47-/m0/s1. The van der Waals surface area contributed by atoms with E-state index in [0.717, 1.165) is 63.7 Å². The van der Waals surface area contributed by atoms with E-state index in [2.05, 4.69) is 27.7 Å². The molecule has 0 aromatic heterocycles. The molecule has 0 bridgehead atoms. The van der Waals surface area contributed by atoms with Crippen molar-refractivity contribution < 1.29 is 28.6 Å². The molecule has 0 aliphatic heterocycles. The fraction of sp³-hybridized carbons (Fsp3) is 0.940. The smallest absolute Gasteiger partial charge is 0.306 e. The molecule has 0 spiro atoms. The summed E-state index contributed by atoms with van der Waals surface area (Å²) in [5.74, 6) is -0.0567. The molecule has 0 aliphatic rings. The Balaban J connectivity index is 4.28. The highest BCUT2D eigenvalue weighted by Gasteiger charge is 2.19. The van der Waals surface area contributed by atoms with Crippen LogP contribution in [0.15, 0.2) is 0 Å². The summed E-state index contributed by atoms with van der Waals surface area (Å²) in [6.07, 6.45) is 45.2. The van der Waals surface area contributed by atoms with Gasteiger partial charge in [-0.3, -0.25) is 14.4 Å². The molecule has 0 rings (SSSR count). The molecule has 0 amide bonds. The molecule has 6 heteroatoms. The maximum absolute atomic E-state index is 12.7. The number of unbranched alkanes of at least 4 members (excludes halogenated alkanes) is 32. The predicted molar refractivity (Wildman–Crippen MR) is 238 cm³/mol. The number of carbonyl (C=O) groups excluding carboxylic acids is 3. The monoisotopic (exact) mass is 793 g/mol. The molecule has 1 atom stereocenters. The maximum Gasteiger partial charge on any atom is 0.306 e. The molecule has 0 saturated carbocycles. The average molecular weight is 793 g/mol. The first-order valence-electron chi connectivity index (χ1n) is 24.9. The Kier molecular flexibility index (Phi) is 43.2. The summed E-state index contributed by atoms with van der Waals surface area (Å²) in [6, 6.07) is 0. The van der Waals surface area contributed by atoms with Crippen LogP contribution in [0, 0.1) is 5.92 Å². The molecule has 332 valence electrons. The molecule has 0 aliphatic carbocycles. The van der Waals surface area contributed by atoms with Crippen molar-refractivity contribution in [2.24, 2.45) is 5.92 Å². The topological polar surface area (TPSA) is 78.9 Å². The highest BCUT2D eigenvalue weighted by Crippen LogP contribution is 2.17. The van der Waals surface area contributed by atoms with Gasteiger partial charge in [0.2, 0.25) is 0 Å². The van der Waals surface area contributed by atoms with Crippen LogP contribution < -0.4 is 0 Å². The van der Waals surface area contributed by atoms with E-state index in [0.29, 0.717) is 19.3 Å². The zero-order valence-electron chi connectivity index (χ0n) is 38.1. The Morgan fingerprint density at radius 1 is 0.339 bits per heavy atom. The van der Waals surface area contributed by atoms with Gasteiger partial charge >= 0.3 is 17.9 Å². The van der Waals surface area contributed by atoms with E-state index in [1.165, 1.54) is 173 Å². The fourth-order valence-corrected chi connectivity index (χ4v) is 7.51. The average Bonchev–Trinajstić information content (AvgIpc) is 3.18. The molecule has 0 saturated heterocycles. The second-order valence-corrected chi connectivity index (χ2v) is 17.6. The van der Waals surface area contributed by atoms with Crippen LogP contribution in [0.3, 0.4) is 0 Å². The Morgan fingerprint density at radius 2 is 0.589 bits per heavy atom. The van der Waals surface area contributed by atoms with E-state index in [-0.39, 0.29) is 31.1 Å². The van der Waals surface area contributed by atoms with Gasteiger partial charge in [0.15, 0.2) is 6.10 Å². The minimum atomic E-state index is -0.760. The van der Waals surface area contributed by atoms with Crippen molar-refractivity contribution in [2.45, 2.75) is 284 Å². The Hall–Kier alpha value is -1.59. The van der Waals surface area contributed by atoms with Crippen LogP contribution in [-0.4, -0.2) is 37.2 Å². The highest BCUT2D eigenvalue weighted by atomic mass is 16.6. The van der Waals surface area contributed by atoms with Gasteiger partial charge in [-0.15, -0.1) is 0 Å². The van der Waals surface area contributed by atoms with Gasteiger partial charge in [-0.05, 0) is 25.2 Å². The fourth-order valence-electron chi connectivity index (χ4n) is 7.51. The van der Waals surface area contributed by atoms with Crippen molar-refractivity contribution in [1.82, 2.24) is 0 Å². The Bertz CT molecular complexity index is 841. The van der Waals surface area contributed by atoms with E-state index in [4.69, 9.17) is 14.2 Å². The quantitative estimate of drug-likeness (QED) is 0.0347. The molecule has 0 aromatic rings. The van der Waals surface area contributed by atoms with E-state index in [9.17, 15) is 14.4 Å². The van der Waals surface area contributed by atoms with Gasteiger partial charge in [-0.25, -0.2) is 0 Å². The van der Waals surface area contributed by atoms with E-state index in [1.807, 2.05) is 0 Å². The van der Waals surface area contributed by atoms with Gasteiger partial charge in [0.25, 0.3) is 0 Å². The van der Waals surface area contributed by atoms with Gasteiger partial charge in [0, 0.05) is 19.3 Å². The lowest BCUT2D eigenvalue weighted by molar-refractivity contribution is -0.167. The molecule has 0 heterocycles. The van der Waals surface area contributed by atoms with Crippen molar-refractivity contribution in [1.29, 1.82) is 0 Å². The van der Waals surface area contributed by atoms with Crippen LogP contribution in [0.1, 0.15) is 278 Å². The number of esters is 3. The molecule has 0 unspecified atom stereocenters. The van der Waals surface area contributed by atoms with Gasteiger partial charge in [-0.1, -0.05) is 240 Å². The summed E-state index contributed by atoms with van der Waals surface area (Å²) in [5.41, 5.74) is 0. The third-order valence-corrected chi connectivity index (χ3v) is 11.3. The molecule has 0 aromatic carbocycles. The first-order chi connectivity index (χ1) is 27.4. The summed E-state index contributed by atoms with van der Waals surface area (Å²) in [5, 5.41) is 0. The normalized spacial score (nSPS) is 11.9. The molecule has 6 nitrogen and oxygen atoms in total. The van der Waals surface area contributed by atoms with Gasteiger partial charge in [0.1, 0.15) is 13.2 Å². The number of ether oxygens (including phenoxy) is 3. The minimum absolute atomic E-state index is 0.0635. The SMILES string of the molecule is CCCCCCCCCCCCCCCCCCC(=O)OC[C@H](COC(=O)CCCCCCCCCCCCC)OC(=O)CCCCCCCCCCC(C)C. The van der Waals surface area contributed by atoms with Crippen molar-refractivity contribution in [3.8, 4) is 0 Å². The lowest BCUT2D eigenvalue weighted by Gasteiger charge is -2.18. The van der Waals surface area contributed by atoms with Gasteiger partial charge in [0.05, 0.1) is 0 Å².